The minimum Gasteiger partial charge on any atom is -0.494 e. The van der Waals surface area contributed by atoms with E-state index in [2.05, 4.69) is 9.97 Å². The highest BCUT2D eigenvalue weighted by atomic mass is 32.1. The molecule has 0 fully saturated rings. The molecule has 0 atom stereocenters. The predicted molar refractivity (Wildman–Crippen MR) is 102 cm³/mol. The van der Waals surface area contributed by atoms with Crippen LogP contribution in [0.1, 0.15) is 18.1 Å². The van der Waals surface area contributed by atoms with E-state index in [9.17, 15) is 0 Å². The van der Waals surface area contributed by atoms with Crippen LogP contribution in [0.5, 0.6) is 23.1 Å². The van der Waals surface area contributed by atoms with Gasteiger partial charge in [-0.1, -0.05) is 36.5 Å². The van der Waals surface area contributed by atoms with Gasteiger partial charge in [0, 0.05) is 17.5 Å². The Morgan fingerprint density at radius 2 is 2.08 bits per heavy atom. The summed E-state index contributed by atoms with van der Waals surface area (Å²) in [5.41, 5.74) is 2.80. The molecule has 1 N–H and O–H groups in total. The molecule has 0 bridgehead atoms. The summed E-state index contributed by atoms with van der Waals surface area (Å²) in [5, 5.41) is 0. The second-order valence-corrected chi connectivity index (χ2v) is 6.27. The van der Waals surface area contributed by atoms with Crippen molar-refractivity contribution in [2.45, 2.75) is 13.3 Å². The molecule has 5 nitrogen and oxygen atoms in total. The normalized spacial score (nSPS) is 11.9. The van der Waals surface area contributed by atoms with Crippen LogP contribution in [-0.4, -0.2) is 23.7 Å². The number of aromatic nitrogens is 2. The van der Waals surface area contributed by atoms with Crippen molar-refractivity contribution in [2.75, 3.05) is 13.7 Å². The summed E-state index contributed by atoms with van der Waals surface area (Å²) in [6, 6.07) is 13.6. The lowest BCUT2D eigenvalue weighted by Crippen LogP contribution is -2.09. The third-order valence-electron chi connectivity index (χ3n) is 4.25. The van der Waals surface area contributed by atoms with Gasteiger partial charge in [0.1, 0.15) is 16.2 Å². The van der Waals surface area contributed by atoms with E-state index < -0.39 is 0 Å². The van der Waals surface area contributed by atoms with Crippen molar-refractivity contribution in [1.82, 2.24) is 9.97 Å². The summed E-state index contributed by atoms with van der Waals surface area (Å²) in [6.07, 6.45) is 0.656. The number of nitrogens with zero attached hydrogens (tertiary/aromatic N) is 1. The molecule has 0 amide bonds. The number of methoxy groups -OCH3 is 1. The zero-order valence-electron chi connectivity index (χ0n) is 14.5. The lowest BCUT2D eigenvalue weighted by atomic mass is 10.0. The number of benzene rings is 2. The van der Waals surface area contributed by atoms with Gasteiger partial charge in [-0.05, 0) is 25.1 Å². The molecular weight excluding hydrogens is 348 g/mol. The van der Waals surface area contributed by atoms with Gasteiger partial charge in [-0.3, -0.25) is 0 Å². The molecule has 1 aromatic heterocycles. The van der Waals surface area contributed by atoms with Crippen molar-refractivity contribution < 1.29 is 14.2 Å². The smallest absolute Gasteiger partial charge is 0.205 e. The molecule has 132 valence electrons. The molecule has 0 spiro atoms. The fourth-order valence-electron chi connectivity index (χ4n) is 3.03. The van der Waals surface area contributed by atoms with E-state index in [0.717, 1.165) is 22.4 Å². The lowest BCUT2D eigenvalue weighted by Gasteiger charge is -2.22. The first kappa shape index (κ1) is 16.6. The van der Waals surface area contributed by atoms with E-state index in [-0.39, 0.29) is 0 Å². The Balaban J connectivity index is 1.78. The Morgan fingerprint density at radius 3 is 2.88 bits per heavy atom. The molecule has 1 aliphatic rings. The van der Waals surface area contributed by atoms with Crippen LogP contribution < -0.4 is 14.2 Å². The molecule has 4 rings (SSSR count). The molecule has 0 aliphatic carbocycles. The van der Waals surface area contributed by atoms with E-state index in [1.54, 1.807) is 7.11 Å². The molecule has 0 unspecified atom stereocenters. The number of para-hydroxylation sites is 1. The van der Waals surface area contributed by atoms with Crippen LogP contribution in [0.4, 0.5) is 0 Å². The van der Waals surface area contributed by atoms with Gasteiger partial charge < -0.3 is 19.2 Å². The first-order valence-electron chi connectivity index (χ1n) is 8.39. The van der Waals surface area contributed by atoms with Gasteiger partial charge in [-0.25, -0.2) is 4.98 Å². The second kappa shape index (κ2) is 6.80. The zero-order chi connectivity index (χ0) is 18.1. The minimum absolute atomic E-state index is 0.532. The van der Waals surface area contributed by atoms with E-state index in [1.807, 2.05) is 49.4 Å². The summed E-state index contributed by atoms with van der Waals surface area (Å²) in [7, 11) is 1.63. The van der Waals surface area contributed by atoms with Crippen LogP contribution in [-0.2, 0) is 6.42 Å². The number of hydrogen-bond donors (Lipinski definition) is 1. The maximum absolute atomic E-state index is 6.10. The van der Waals surface area contributed by atoms with Gasteiger partial charge in [-0.15, -0.1) is 0 Å². The topological polar surface area (TPSA) is 56.4 Å². The first-order valence-corrected chi connectivity index (χ1v) is 8.80. The van der Waals surface area contributed by atoms with Gasteiger partial charge in [0.05, 0.1) is 19.3 Å². The van der Waals surface area contributed by atoms with Gasteiger partial charge in [0.25, 0.3) is 0 Å². The Labute approximate surface area is 156 Å². The highest BCUT2D eigenvalue weighted by molar-refractivity contribution is 7.71. The Bertz CT molecular complexity index is 1030. The van der Waals surface area contributed by atoms with Crippen LogP contribution >= 0.6 is 12.2 Å². The maximum Gasteiger partial charge on any atom is 0.205 e. The SMILES string of the molecule is CCOc1cccc(-c2nc(=S)c3c([nH]2)Oc2c(cccc2OC)C3)c1. The van der Waals surface area contributed by atoms with Crippen LogP contribution in [0.3, 0.4) is 0 Å². The average Bonchev–Trinajstić information content (AvgIpc) is 2.66. The minimum atomic E-state index is 0.532. The number of nitrogens with one attached hydrogen (secondary N) is 1. The standard InChI is InChI=1S/C20H18N2O3S/c1-3-24-14-8-4-7-13(10-14)18-21-19-15(20(26)22-18)11-12-6-5-9-16(23-2)17(12)25-19/h4-10H,3,11H2,1-2H3,(H,21,22,26). The molecule has 0 saturated carbocycles. The highest BCUT2D eigenvalue weighted by Gasteiger charge is 2.23. The van der Waals surface area contributed by atoms with Crippen LogP contribution in [0.25, 0.3) is 11.4 Å². The van der Waals surface area contributed by atoms with Gasteiger partial charge in [-0.2, -0.15) is 0 Å². The van der Waals surface area contributed by atoms with Crippen molar-refractivity contribution in [3.8, 4) is 34.5 Å². The van der Waals surface area contributed by atoms with Crippen LogP contribution in [0.15, 0.2) is 42.5 Å². The summed E-state index contributed by atoms with van der Waals surface area (Å²) in [4.78, 5) is 7.84. The average molecular weight is 366 g/mol. The Kier molecular flexibility index (Phi) is 4.34. The largest absolute Gasteiger partial charge is 0.494 e. The summed E-state index contributed by atoms with van der Waals surface area (Å²) in [5.74, 6) is 3.46. The van der Waals surface area contributed by atoms with E-state index in [0.29, 0.717) is 40.9 Å². The maximum atomic E-state index is 6.10. The molecule has 0 saturated heterocycles. The molecule has 1 aliphatic heterocycles. The van der Waals surface area contributed by atoms with Crippen molar-refractivity contribution >= 4 is 12.2 Å². The molecule has 6 heteroatoms. The summed E-state index contributed by atoms with van der Waals surface area (Å²) >= 11 is 5.53. The third-order valence-corrected chi connectivity index (χ3v) is 4.59. The Morgan fingerprint density at radius 1 is 1.23 bits per heavy atom. The molecule has 0 radical (unpaired) electrons. The van der Waals surface area contributed by atoms with Crippen LogP contribution in [0.2, 0.25) is 0 Å². The zero-order valence-corrected chi connectivity index (χ0v) is 15.4. The Hall–Kier alpha value is -2.86. The number of hydrogen-bond acceptors (Lipinski definition) is 5. The molecular formula is C20H18N2O3S. The number of H-pyrrole nitrogens is 1. The number of rotatable bonds is 4. The summed E-state index contributed by atoms with van der Waals surface area (Å²) in [6.45, 7) is 2.56. The lowest BCUT2D eigenvalue weighted by molar-refractivity contribution is 0.340. The molecule has 26 heavy (non-hydrogen) atoms. The van der Waals surface area contributed by atoms with Gasteiger partial charge in [0.15, 0.2) is 11.5 Å². The van der Waals surface area contributed by atoms with Gasteiger partial charge >= 0.3 is 0 Å². The highest BCUT2D eigenvalue weighted by Crippen LogP contribution is 2.42. The number of ether oxygens (including phenoxy) is 3. The van der Waals surface area contributed by atoms with Crippen molar-refractivity contribution in [1.29, 1.82) is 0 Å². The van der Waals surface area contributed by atoms with Crippen molar-refractivity contribution in [3.63, 3.8) is 0 Å². The fourth-order valence-corrected chi connectivity index (χ4v) is 3.28. The van der Waals surface area contributed by atoms with Gasteiger partial charge in [0.2, 0.25) is 5.88 Å². The quantitative estimate of drug-likeness (QED) is 0.520. The van der Waals surface area contributed by atoms with E-state index >= 15 is 0 Å². The van der Waals surface area contributed by atoms with E-state index in [4.69, 9.17) is 26.4 Å². The first-order chi connectivity index (χ1) is 12.7. The van der Waals surface area contributed by atoms with Crippen LogP contribution in [0, 0.1) is 4.64 Å². The second-order valence-electron chi connectivity index (χ2n) is 5.89. The number of aromatic amines is 1. The monoisotopic (exact) mass is 366 g/mol. The molecule has 3 aromatic rings. The van der Waals surface area contributed by atoms with E-state index in [1.165, 1.54) is 0 Å². The molecule has 2 heterocycles. The molecule has 2 aromatic carbocycles. The summed E-state index contributed by atoms with van der Waals surface area (Å²) < 4.78 is 17.6. The fraction of sp³-hybridized carbons (Fsp3) is 0.200. The van der Waals surface area contributed by atoms with Crippen molar-refractivity contribution in [2.24, 2.45) is 0 Å². The number of fused-ring (bicyclic) bond motifs is 2. The van der Waals surface area contributed by atoms with Crippen molar-refractivity contribution in [3.05, 3.63) is 58.2 Å². The third kappa shape index (κ3) is 2.93. The predicted octanol–water partition coefficient (Wildman–Crippen LogP) is 4.91.